The van der Waals surface area contributed by atoms with Gasteiger partial charge in [-0.1, -0.05) is 61.0 Å². The van der Waals surface area contributed by atoms with Gasteiger partial charge in [-0.05, 0) is 48.4 Å². The van der Waals surface area contributed by atoms with Crippen molar-refractivity contribution >= 4 is 34.0 Å². The van der Waals surface area contributed by atoms with Crippen molar-refractivity contribution in [2.75, 3.05) is 11.5 Å². The summed E-state index contributed by atoms with van der Waals surface area (Å²) in [7, 11) is 0. The monoisotopic (exact) mass is 515 g/mol. The first kappa shape index (κ1) is 24.9. The zero-order chi connectivity index (χ0) is 26.2. The van der Waals surface area contributed by atoms with Crippen molar-refractivity contribution in [2.45, 2.75) is 25.5 Å². The molecular weight excluding hydrogens is 490 g/mol. The number of hydrogen-bond donors (Lipinski definition) is 2. The molecule has 2 heterocycles. The molecular formula is C29H26ClN3O4. The lowest BCUT2D eigenvalue weighted by Crippen LogP contribution is -2.44. The number of aliphatic hydroxyl groups is 2. The number of carbonyl (C=O) groups excluding carboxylic acids is 1. The van der Waals surface area contributed by atoms with E-state index in [9.17, 15) is 14.7 Å². The van der Waals surface area contributed by atoms with Crippen LogP contribution in [-0.4, -0.2) is 32.5 Å². The number of fused-ring (bicyclic) bond motifs is 2. The summed E-state index contributed by atoms with van der Waals surface area (Å²) in [4.78, 5) is 28.3. The van der Waals surface area contributed by atoms with Crippen molar-refractivity contribution in [1.82, 2.24) is 9.78 Å². The molecule has 1 aliphatic rings. The van der Waals surface area contributed by atoms with E-state index in [1.807, 2.05) is 36.4 Å². The number of carbonyl (C=O) groups is 1. The topological polar surface area (TPSA) is 95.7 Å². The SMILES string of the molecule is C[C@@H](/C=C/CCO)[C@]1(O)C(=O)N(Cc2cccc(-n3ncc4ccccc4c3=O)c2)c2ccc(Cl)cc21. The van der Waals surface area contributed by atoms with E-state index < -0.39 is 17.4 Å². The highest BCUT2D eigenvalue weighted by Gasteiger charge is 2.52. The van der Waals surface area contributed by atoms with Gasteiger partial charge in [0.1, 0.15) is 0 Å². The fourth-order valence-corrected chi connectivity index (χ4v) is 5.01. The molecule has 5 rings (SSSR count). The quantitative estimate of drug-likeness (QED) is 0.357. The molecule has 1 aliphatic heterocycles. The van der Waals surface area contributed by atoms with Crippen LogP contribution in [-0.2, 0) is 16.9 Å². The third kappa shape index (κ3) is 4.35. The first-order valence-corrected chi connectivity index (χ1v) is 12.4. The van der Waals surface area contributed by atoms with Crippen molar-refractivity contribution in [3.8, 4) is 5.69 Å². The second-order valence-corrected chi connectivity index (χ2v) is 9.60. The van der Waals surface area contributed by atoms with Gasteiger partial charge in [0.05, 0.1) is 29.5 Å². The molecule has 8 heteroatoms. The number of aliphatic hydroxyl groups excluding tert-OH is 1. The van der Waals surface area contributed by atoms with Gasteiger partial charge in [-0.2, -0.15) is 9.78 Å². The van der Waals surface area contributed by atoms with Crippen LogP contribution in [0.4, 0.5) is 5.69 Å². The molecule has 0 bridgehead atoms. The standard InChI is InChI=1S/C29H26ClN3O4/c1-19(7-4-5-14-34)29(37)25-16-22(30)12-13-26(25)32(28(29)36)18-20-8-6-10-23(15-20)33-27(35)24-11-3-2-9-21(24)17-31-33/h2-4,6-13,15-17,19,34,37H,5,14,18H2,1H3/b7-4+/t19-,29+/m0/s1. The number of anilines is 1. The lowest BCUT2D eigenvalue weighted by atomic mass is 9.83. The molecule has 1 aromatic heterocycles. The van der Waals surface area contributed by atoms with Gasteiger partial charge in [-0.15, -0.1) is 0 Å². The van der Waals surface area contributed by atoms with Crippen LogP contribution in [0.25, 0.3) is 16.5 Å². The lowest BCUT2D eigenvalue weighted by Gasteiger charge is -2.27. The second kappa shape index (κ2) is 9.94. The summed E-state index contributed by atoms with van der Waals surface area (Å²) in [5.74, 6) is -1.02. The average Bonchev–Trinajstić information content (AvgIpc) is 3.11. The minimum absolute atomic E-state index is 0.0182. The predicted octanol–water partition coefficient (Wildman–Crippen LogP) is 4.35. The molecule has 37 heavy (non-hydrogen) atoms. The van der Waals surface area contributed by atoms with Crippen LogP contribution in [0, 0.1) is 5.92 Å². The highest BCUT2D eigenvalue weighted by molar-refractivity contribution is 6.31. The molecule has 0 saturated heterocycles. The van der Waals surface area contributed by atoms with Gasteiger partial charge in [0.2, 0.25) is 0 Å². The summed E-state index contributed by atoms with van der Waals surface area (Å²) in [6, 6.07) is 19.6. The summed E-state index contributed by atoms with van der Waals surface area (Å²) < 4.78 is 1.34. The Balaban J connectivity index is 1.51. The number of rotatable bonds is 7. The average molecular weight is 516 g/mol. The summed E-state index contributed by atoms with van der Waals surface area (Å²) in [5, 5.41) is 26.9. The van der Waals surface area contributed by atoms with E-state index in [-0.39, 0.29) is 18.7 Å². The maximum Gasteiger partial charge on any atom is 0.279 e. The first-order chi connectivity index (χ1) is 17.8. The number of halogens is 1. The largest absolute Gasteiger partial charge is 0.396 e. The predicted molar refractivity (Wildman–Crippen MR) is 144 cm³/mol. The molecule has 1 amide bonds. The Morgan fingerprint density at radius 2 is 1.89 bits per heavy atom. The van der Waals surface area contributed by atoms with Crippen LogP contribution >= 0.6 is 11.6 Å². The van der Waals surface area contributed by atoms with Crippen LogP contribution in [0.3, 0.4) is 0 Å². The molecule has 188 valence electrons. The maximum atomic E-state index is 13.7. The van der Waals surface area contributed by atoms with E-state index in [2.05, 4.69) is 5.10 Å². The fraction of sp³-hybridized carbons (Fsp3) is 0.207. The maximum absolute atomic E-state index is 13.7. The van der Waals surface area contributed by atoms with Crippen molar-refractivity contribution in [1.29, 1.82) is 0 Å². The second-order valence-electron chi connectivity index (χ2n) is 9.17. The molecule has 0 fully saturated rings. The molecule has 0 aliphatic carbocycles. The van der Waals surface area contributed by atoms with E-state index in [1.165, 1.54) is 9.58 Å². The third-order valence-corrected chi connectivity index (χ3v) is 7.04. The Bertz CT molecular complexity index is 1580. The highest BCUT2D eigenvalue weighted by atomic mass is 35.5. The molecule has 0 saturated carbocycles. The van der Waals surface area contributed by atoms with Crippen molar-refractivity contribution in [3.05, 3.63) is 112 Å². The first-order valence-electron chi connectivity index (χ1n) is 12.0. The Labute approximate surface area is 218 Å². The summed E-state index contributed by atoms with van der Waals surface area (Å²) in [5.41, 5.74) is 0.319. The van der Waals surface area contributed by atoms with Crippen LogP contribution in [0.5, 0.6) is 0 Å². The van der Waals surface area contributed by atoms with Gasteiger partial charge in [0, 0.05) is 28.5 Å². The van der Waals surface area contributed by atoms with Crippen LogP contribution < -0.4 is 10.5 Å². The molecule has 0 unspecified atom stereocenters. The smallest absolute Gasteiger partial charge is 0.279 e. The Hall–Kier alpha value is -3.78. The van der Waals surface area contributed by atoms with E-state index in [0.717, 1.165) is 10.9 Å². The Morgan fingerprint density at radius 3 is 2.70 bits per heavy atom. The van der Waals surface area contributed by atoms with E-state index >= 15 is 0 Å². The minimum atomic E-state index is -1.80. The molecule has 4 aromatic rings. The van der Waals surface area contributed by atoms with Crippen molar-refractivity contribution in [2.24, 2.45) is 5.92 Å². The molecule has 0 spiro atoms. The Morgan fingerprint density at radius 1 is 1.08 bits per heavy atom. The number of benzene rings is 3. The highest BCUT2D eigenvalue weighted by Crippen LogP contribution is 2.46. The molecule has 7 nitrogen and oxygen atoms in total. The fourth-order valence-electron chi connectivity index (χ4n) is 4.83. The van der Waals surface area contributed by atoms with E-state index in [0.29, 0.717) is 33.8 Å². The van der Waals surface area contributed by atoms with E-state index in [1.54, 1.807) is 55.6 Å². The molecule has 2 N–H and O–H groups in total. The van der Waals surface area contributed by atoms with Crippen molar-refractivity contribution in [3.63, 3.8) is 0 Å². The summed E-state index contributed by atoms with van der Waals surface area (Å²) >= 11 is 6.25. The van der Waals surface area contributed by atoms with Gasteiger partial charge >= 0.3 is 0 Å². The van der Waals surface area contributed by atoms with Gasteiger partial charge in [0.25, 0.3) is 11.5 Å². The van der Waals surface area contributed by atoms with Crippen LogP contribution in [0.1, 0.15) is 24.5 Å². The summed E-state index contributed by atoms with van der Waals surface area (Å²) in [6.07, 6.45) is 5.57. The van der Waals surface area contributed by atoms with Gasteiger partial charge in [0.15, 0.2) is 5.60 Å². The number of aromatic nitrogens is 2. The van der Waals surface area contributed by atoms with Crippen LogP contribution in [0.2, 0.25) is 5.02 Å². The van der Waals surface area contributed by atoms with Gasteiger partial charge in [-0.3, -0.25) is 9.59 Å². The number of amides is 1. The minimum Gasteiger partial charge on any atom is -0.396 e. The van der Waals surface area contributed by atoms with Gasteiger partial charge < -0.3 is 15.1 Å². The number of nitrogens with zero attached hydrogens (tertiary/aromatic N) is 3. The normalized spacial score (nSPS) is 18.1. The third-order valence-electron chi connectivity index (χ3n) is 6.80. The van der Waals surface area contributed by atoms with Gasteiger partial charge in [-0.25, -0.2) is 0 Å². The lowest BCUT2D eigenvalue weighted by molar-refractivity contribution is -0.139. The van der Waals surface area contributed by atoms with E-state index in [4.69, 9.17) is 16.7 Å². The zero-order valence-corrected chi connectivity index (χ0v) is 21.0. The zero-order valence-electron chi connectivity index (χ0n) is 20.2. The number of hydrogen-bond acceptors (Lipinski definition) is 5. The molecule has 0 radical (unpaired) electrons. The summed E-state index contributed by atoms with van der Waals surface area (Å²) in [6.45, 7) is 1.92. The van der Waals surface area contributed by atoms with Crippen LogP contribution in [0.15, 0.2) is 89.9 Å². The molecule has 3 aromatic carbocycles. The Kier molecular flexibility index (Phi) is 6.69. The van der Waals surface area contributed by atoms with Crippen molar-refractivity contribution < 1.29 is 15.0 Å². The molecule has 2 atom stereocenters.